The molecular weight excluding hydrogens is 158 g/mol. The van der Waals surface area contributed by atoms with Crippen LogP contribution in [0.3, 0.4) is 0 Å². The van der Waals surface area contributed by atoms with Crippen LogP contribution in [0.1, 0.15) is 0 Å². The molecule has 0 radical (unpaired) electrons. The van der Waals surface area contributed by atoms with E-state index in [2.05, 4.69) is 10.3 Å². The van der Waals surface area contributed by atoms with Crippen molar-refractivity contribution in [3.05, 3.63) is 18.3 Å². The Labute approximate surface area is 69.2 Å². The first-order valence-electron chi connectivity index (χ1n) is 3.35. The Kier molecular flexibility index (Phi) is 2.47. The molecule has 1 rings (SSSR count). The van der Waals surface area contributed by atoms with Gasteiger partial charge in [0, 0.05) is 0 Å². The average molecular weight is 167 g/mol. The number of carbonyl (C=O) groups is 1. The second-order valence-corrected chi connectivity index (χ2v) is 2.22. The Morgan fingerprint density at radius 3 is 2.92 bits per heavy atom. The highest BCUT2D eigenvalue weighted by Crippen LogP contribution is 2.05. The monoisotopic (exact) mass is 167 g/mol. The Morgan fingerprint density at radius 1 is 1.67 bits per heavy atom. The highest BCUT2D eigenvalue weighted by Gasteiger charge is 1.96. The smallest absolute Gasteiger partial charge is 0.322 e. The molecule has 5 heteroatoms. The lowest BCUT2D eigenvalue weighted by atomic mass is 10.4. The first-order chi connectivity index (χ1) is 5.68. The van der Waals surface area contributed by atoms with Crippen molar-refractivity contribution in [2.45, 2.75) is 0 Å². The fraction of sp³-hybridized carbons (Fsp3) is 0.143. The van der Waals surface area contributed by atoms with Crippen LogP contribution in [-0.4, -0.2) is 22.6 Å². The second-order valence-electron chi connectivity index (χ2n) is 2.22. The van der Waals surface area contributed by atoms with Gasteiger partial charge in [-0.15, -0.1) is 0 Å². The molecule has 0 bridgehead atoms. The van der Waals surface area contributed by atoms with Gasteiger partial charge < -0.3 is 16.2 Å². The van der Waals surface area contributed by atoms with Crippen molar-refractivity contribution in [2.24, 2.45) is 0 Å². The third-order valence-electron chi connectivity index (χ3n) is 1.23. The van der Waals surface area contributed by atoms with Gasteiger partial charge in [0.15, 0.2) is 0 Å². The summed E-state index contributed by atoms with van der Waals surface area (Å²) in [5.74, 6) is -0.497. The first kappa shape index (κ1) is 8.32. The molecule has 0 fully saturated rings. The van der Waals surface area contributed by atoms with Gasteiger partial charge >= 0.3 is 5.97 Å². The van der Waals surface area contributed by atoms with Gasteiger partial charge in [-0.3, -0.25) is 4.79 Å². The van der Waals surface area contributed by atoms with Crippen molar-refractivity contribution in [2.75, 3.05) is 17.6 Å². The zero-order chi connectivity index (χ0) is 8.97. The largest absolute Gasteiger partial charge is 0.480 e. The second kappa shape index (κ2) is 3.56. The molecule has 0 saturated carbocycles. The number of rotatable bonds is 3. The number of nitrogens with one attached hydrogen (secondary N) is 1. The van der Waals surface area contributed by atoms with Crippen LogP contribution >= 0.6 is 0 Å². The van der Waals surface area contributed by atoms with Crippen molar-refractivity contribution >= 4 is 17.5 Å². The number of aliphatic carboxylic acids is 1. The predicted octanol–water partition coefficient (Wildman–Crippen LogP) is 0.160. The summed E-state index contributed by atoms with van der Waals surface area (Å²) in [6, 6.07) is 3.27. The van der Waals surface area contributed by atoms with Gasteiger partial charge in [-0.05, 0) is 12.1 Å². The Bertz CT molecular complexity index is 270. The van der Waals surface area contributed by atoms with E-state index >= 15 is 0 Å². The van der Waals surface area contributed by atoms with Crippen molar-refractivity contribution < 1.29 is 9.90 Å². The van der Waals surface area contributed by atoms with E-state index in [1.54, 1.807) is 12.1 Å². The maximum Gasteiger partial charge on any atom is 0.322 e. The minimum atomic E-state index is -0.910. The predicted molar refractivity (Wildman–Crippen MR) is 44.8 cm³/mol. The van der Waals surface area contributed by atoms with Crippen molar-refractivity contribution in [3.8, 4) is 0 Å². The molecule has 0 amide bonds. The van der Waals surface area contributed by atoms with Crippen molar-refractivity contribution in [3.63, 3.8) is 0 Å². The molecule has 0 aliphatic rings. The fourth-order valence-corrected chi connectivity index (χ4v) is 0.688. The lowest BCUT2D eigenvalue weighted by Gasteiger charge is -2.01. The molecule has 0 aromatic carbocycles. The quantitative estimate of drug-likeness (QED) is 0.596. The van der Waals surface area contributed by atoms with Crippen LogP contribution in [0.2, 0.25) is 0 Å². The van der Waals surface area contributed by atoms with Crippen LogP contribution in [-0.2, 0) is 4.79 Å². The molecule has 0 spiro atoms. The summed E-state index contributed by atoms with van der Waals surface area (Å²) in [7, 11) is 0. The Hall–Kier alpha value is -1.78. The summed E-state index contributed by atoms with van der Waals surface area (Å²) < 4.78 is 0. The molecule has 12 heavy (non-hydrogen) atoms. The van der Waals surface area contributed by atoms with Gasteiger partial charge in [0.25, 0.3) is 0 Å². The number of pyridine rings is 1. The Balaban J connectivity index is 2.53. The number of carboxylic acids is 1. The third kappa shape index (κ3) is 2.45. The topological polar surface area (TPSA) is 88.2 Å². The normalized spacial score (nSPS) is 9.33. The van der Waals surface area contributed by atoms with Crippen LogP contribution in [0.25, 0.3) is 0 Å². The van der Waals surface area contributed by atoms with E-state index in [-0.39, 0.29) is 6.54 Å². The molecule has 64 valence electrons. The number of hydrogen-bond acceptors (Lipinski definition) is 4. The van der Waals surface area contributed by atoms with Gasteiger partial charge in [0.1, 0.15) is 12.4 Å². The van der Waals surface area contributed by atoms with Gasteiger partial charge in [0.2, 0.25) is 0 Å². The zero-order valence-electron chi connectivity index (χ0n) is 6.32. The fourth-order valence-electron chi connectivity index (χ4n) is 0.688. The molecule has 0 saturated heterocycles. The number of hydrogen-bond donors (Lipinski definition) is 3. The standard InChI is InChI=1S/C7H9N3O2/c8-6-2-1-5(3-10-6)9-4-7(11)12/h1-3,9H,4H2,(H2,8,10)(H,11,12). The van der Waals surface area contributed by atoms with Crippen LogP contribution in [0, 0.1) is 0 Å². The number of nitrogen functional groups attached to an aromatic ring is 1. The minimum Gasteiger partial charge on any atom is -0.480 e. The Morgan fingerprint density at radius 2 is 2.42 bits per heavy atom. The molecule has 0 unspecified atom stereocenters. The van der Waals surface area contributed by atoms with E-state index in [1.165, 1.54) is 6.20 Å². The third-order valence-corrected chi connectivity index (χ3v) is 1.23. The van der Waals surface area contributed by atoms with Crippen LogP contribution in [0.15, 0.2) is 18.3 Å². The summed E-state index contributed by atoms with van der Waals surface area (Å²) in [5.41, 5.74) is 5.97. The number of carboxylic acid groups (broad SMARTS) is 1. The molecule has 0 aliphatic carbocycles. The summed E-state index contributed by atoms with van der Waals surface area (Å²) in [6.07, 6.45) is 1.48. The molecule has 0 atom stereocenters. The lowest BCUT2D eigenvalue weighted by Crippen LogP contribution is -2.12. The van der Waals surface area contributed by atoms with E-state index in [0.717, 1.165) is 0 Å². The van der Waals surface area contributed by atoms with E-state index in [9.17, 15) is 4.79 Å². The maximum absolute atomic E-state index is 10.1. The number of anilines is 2. The van der Waals surface area contributed by atoms with Gasteiger partial charge in [-0.2, -0.15) is 0 Å². The molecule has 1 heterocycles. The molecule has 0 aliphatic heterocycles. The molecule has 5 nitrogen and oxygen atoms in total. The zero-order valence-corrected chi connectivity index (χ0v) is 6.32. The summed E-state index contributed by atoms with van der Waals surface area (Å²) >= 11 is 0. The summed E-state index contributed by atoms with van der Waals surface area (Å²) in [6.45, 7) is -0.119. The molecule has 4 N–H and O–H groups in total. The summed E-state index contributed by atoms with van der Waals surface area (Å²) in [4.78, 5) is 13.9. The highest BCUT2D eigenvalue weighted by molar-refractivity contribution is 5.72. The van der Waals surface area contributed by atoms with E-state index in [0.29, 0.717) is 11.5 Å². The van der Waals surface area contributed by atoms with Crippen LogP contribution < -0.4 is 11.1 Å². The van der Waals surface area contributed by atoms with Crippen LogP contribution in [0.4, 0.5) is 11.5 Å². The van der Waals surface area contributed by atoms with Gasteiger partial charge in [-0.1, -0.05) is 0 Å². The number of nitrogens with zero attached hydrogens (tertiary/aromatic N) is 1. The van der Waals surface area contributed by atoms with Gasteiger partial charge in [0.05, 0.1) is 11.9 Å². The minimum absolute atomic E-state index is 0.119. The summed E-state index contributed by atoms with van der Waals surface area (Å²) in [5, 5.41) is 11.0. The lowest BCUT2D eigenvalue weighted by molar-refractivity contribution is -0.134. The first-order valence-corrected chi connectivity index (χ1v) is 3.35. The van der Waals surface area contributed by atoms with E-state index < -0.39 is 5.97 Å². The van der Waals surface area contributed by atoms with Crippen molar-refractivity contribution in [1.82, 2.24) is 4.98 Å². The maximum atomic E-state index is 10.1. The van der Waals surface area contributed by atoms with E-state index in [1.807, 2.05) is 0 Å². The molecule has 1 aromatic heterocycles. The number of nitrogens with two attached hydrogens (primary N) is 1. The van der Waals surface area contributed by atoms with E-state index in [4.69, 9.17) is 10.8 Å². The molecular formula is C7H9N3O2. The SMILES string of the molecule is Nc1ccc(NCC(=O)O)cn1. The van der Waals surface area contributed by atoms with Crippen molar-refractivity contribution in [1.29, 1.82) is 0 Å². The number of aromatic nitrogens is 1. The van der Waals surface area contributed by atoms with Gasteiger partial charge in [-0.25, -0.2) is 4.98 Å². The molecule has 1 aromatic rings. The average Bonchev–Trinajstić information content (AvgIpc) is 2.03. The highest BCUT2D eigenvalue weighted by atomic mass is 16.4. The van der Waals surface area contributed by atoms with Crippen LogP contribution in [0.5, 0.6) is 0 Å².